The number of nitrogens with zero attached hydrogens (tertiary/aromatic N) is 1. The number of carbonyl (C=O) groups is 1. The van der Waals surface area contributed by atoms with Crippen molar-refractivity contribution in [1.82, 2.24) is 10.3 Å². The SMILES string of the molecule is Cc1ccc(O)c(NC(=O)CCNC(C)C)n1. The van der Waals surface area contributed by atoms with Crippen molar-refractivity contribution in [2.24, 2.45) is 0 Å². The van der Waals surface area contributed by atoms with Crippen LogP contribution in [0.15, 0.2) is 12.1 Å². The van der Waals surface area contributed by atoms with Crippen molar-refractivity contribution in [3.8, 4) is 5.75 Å². The number of aryl methyl sites for hydroxylation is 1. The van der Waals surface area contributed by atoms with Crippen LogP contribution in [-0.2, 0) is 4.79 Å². The molecule has 0 saturated heterocycles. The van der Waals surface area contributed by atoms with Gasteiger partial charge in [0.25, 0.3) is 0 Å². The van der Waals surface area contributed by atoms with E-state index in [2.05, 4.69) is 15.6 Å². The molecule has 0 aliphatic carbocycles. The second-order valence-corrected chi connectivity index (χ2v) is 4.23. The molecule has 5 nitrogen and oxygen atoms in total. The summed E-state index contributed by atoms with van der Waals surface area (Å²) in [6, 6.07) is 3.56. The van der Waals surface area contributed by atoms with Crippen molar-refractivity contribution in [3.05, 3.63) is 17.8 Å². The number of nitrogens with one attached hydrogen (secondary N) is 2. The molecule has 94 valence electrons. The van der Waals surface area contributed by atoms with Gasteiger partial charge in [-0.2, -0.15) is 0 Å². The van der Waals surface area contributed by atoms with Crippen LogP contribution < -0.4 is 10.6 Å². The Labute approximate surface area is 101 Å². The maximum absolute atomic E-state index is 11.6. The molecule has 0 spiro atoms. The van der Waals surface area contributed by atoms with E-state index < -0.39 is 0 Å². The first-order valence-corrected chi connectivity index (χ1v) is 5.69. The first-order valence-electron chi connectivity index (χ1n) is 5.69. The Kier molecular flexibility index (Phi) is 4.90. The van der Waals surface area contributed by atoms with E-state index in [4.69, 9.17) is 0 Å². The van der Waals surface area contributed by atoms with Gasteiger partial charge in [-0.3, -0.25) is 4.79 Å². The van der Waals surface area contributed by atoms with Gasteiger partial charge in [0.2, 0.25) is 5.91 Å². The van der Waals surface area contributed by atoms with Gasteiger partial charge in [0.05, 0.1) is 0 Å². The quantitative estimate of drug-likeness (QED) is 0.724. The number of hydrogen-bond acceptors (Lipinski definition) is 4. The van der Waals surface area contributed by atoms with Crippen LogP contribution in [0.4, 0.5) is 5.82 Å². The molecule has 1 rings (SSSR count). The Morgan fingerprint density at radius 1 is 1.47 bits per heavy atom. The molecule has 0 aromatic carbocycles. The number of carbonyl (C=O) groups excluding carboxylic acids is 1. The molecule has 1 aromatic heterocycles. The van der Waals surface area contributed by atoms with E-state index in [-0.39, 0.29) is 17.5 Å². The molecule has 0 saturated carbocycles. The highest BCUT2D eigenvalue weighted by molar-refractivity contribution is 5.91. The van der Waals surface area contributed by atoms with Crippen molar-refractivity contribution < 1.29 is 9.90 Å². The maximum atomic E-state index is 11.6. The fourth-order valence-electron chi connectivity index (χ4n) is 1.31. The Morgan fingerprint density at radius 2 is 2.18 bits per heavy atom. The second kappa shape index (κ2) is 6.20. The Balaban J connectivity index is 2.47. The summed E-state index contributed by atoms with van der Waals surface area (Å²) in [4.78, 5) is 15.6. The van der Waals surface area contributed by atoms with Crippen molar-refractivity contribution >= 4 is 11.7 Å². The molecule has 1 aromatic rings. The lowest BCUT2D eigenvalue weighted by Gasteiger charge is -2.09. The minimum Gasteiger partial charge on any atom is -0.504 e. The van der Waals surface area contributed by atoms with Crippen molar-refractivity contribution in [3.63, 3.8) is 0 Å². The lowest BCUT2D eigenvalue weighted by Crippen LogP contribution is -2.27. The fourth-order valence-corrected chi connectivity index (χ4v) is 1.31. The topological polar surface area (TPSA) is 74.2 Å². The van der Waals surface area contributed by atoms with E-state index in [0.29, 0.717) is 19.0 Å². The number of rotatable bonds is 5. The van der Waals surface area contributed by atoms with E-state index in [9.17, 15) is 9.90 Å². The highest BCUT2D eigenvalue weighted by atomic mass is 16.3. The number of aromatic hydroxyl groups is 1. The van der Waals surface area contributed by atoms with E-state index in [1.807, 2.05) is 13.8 Å². The van der Waals surface area contributed by atoms with Gasteiger partial charge < -0.3 is 15.7 Å². The predicted octanol–water partition coefficient (Wildman–Crippen LogP) is 1.42. The van der Waals surface area contributed by atoms with Gasteiger partial charge in [-0.15, -0.1) is 0 Å². The molecule has 0 bridgehead atoms. The van der Waals surface area contributed by atoms with Gasteiger partial charge in [0.15, 0.2) is 11.6 Å². The molecule has 0 unspecified atom stereocenters. The average molecular weight is 237 g/mol. The zero-order valence-corrected chi connectivity index (χ0v) is 10.4. The summed E-state index contributed by atoms with van der Waals surface area (Å²) in [6.45, 7) is 6.45. The molecule has 1 heterocycles. The third-order valence-corrected chi connectivity index (χ3v) is 2.18. The van der Waals surface area contributed by atoms with Crippen LogP contribution >= 0.6 is 0 Å². The van der Waals surface area contributed by atoms with Gasteiger partial charge in [0, 0.05) is 24.7 Å². The Bertz CT molecular complexity index is 391. The highest BCUT2D eigenvalue weighted by Crippen LogP contribution is 2.19. The molecule has 3 N–H and O–H groups in total. The minimum atomic E-state index is -0.161. The van der Waals surface area contributed by atoms with E-state index in [1.165, 1.54) is 6.07 Å². The summed E-state index contributed by atoms with van der Waals surface area (Å²) >= 11 is 0. The molecule has 0 aliphatic rings. The summed E-state index contributed by atoms with van der Waals surface area (Å²) in [5.41, 5.74) is 0.749. The molecule has 5 heteroatoms. The second-order valence-electron chi connectivity index (χ2n) is 4.23. The first kappa shape index (κ1) is 13.4. The third-order valence-electron chi connectivity index (χ3n) is 2.18. The normalized spacial score (nSPS) is 10.6. The van der Waals surface area contributed by atoms with Gasteiger partial charge in [-0.1, -0.05) is 13.8 Å². The van der Waals surface area contributed by atoms with Gasteiger partial charge >= 0.3 is 0 Å². The van der Waals surface area contributed by atoms with Crippen molar-refractivity contribution in [2.45, 2.75) is 33.2 Å². The van der Waals surface area contributed by atoms with Crippen LogP contribution in [0.1, 0.15) is 26.0 Å². The van der Waals surface area contributed by atoms with Crippen LogP contribution in [0.3, 0.4) is 0 Å². The summed E-state index contributed by atoms with van der Waals surface area (Å²) in [5.74, 6) is 0.0480. The van der Waals surface area contributed by atoms with E-state index >= 15 is 0 Å². The maximum Gasteiger partial charge on any atom is 0.226 e. The molecular weight excluding hydrogens is 218 g/mol. The summed E-state index contributed by atoms with van der Waals surface area (Å²) in [7, 11) is 0. The zero-order chi connectivity index (χ0) is 12.8. The predicted molar refractivity (Wildman–Crippen MR) is 67.0 cm³/mol. The lowest BCUT2D eigenvalue weighted by molar-refractivity contribution is -0.116. The van der Waals surface area contributed by atoms with Crippen LogP contribution in [0, 0.1) is 6.92 Å². The third kappa shape index (κ3) is 4.82. The number of amides is 1. The van der Waals surface area contributed by atoms with E-state index in [1.54, 1.807) is 13.0 Å². The van der Waals surface area contributed by atoms with Crippen molar-refractivity contribution in [1.29, 1.82) is 0 Å². The first-order chi connectivity index (χ1) is 7.99. The van der Waals surface area contributed by atoms with Gasteiger partial charge in [0.1, 0.15) is 0 Å². The minimum absolute atomic E-state index is 0.0132. The number of pyridine rings is 1. The Morgan fingerprint density at radius 3 is 2.82 bits per heavy atom. The summed E-state index contributed by atoms with van der Waals surface area (Å²) in [5, 5.41) is 15.2. The monoisotopic (exact) mass is 237 g/mol. The Hall–Kier alpha value is -1.62. The molecule has 0 aliphatic heterocycles. The fraction of sp³-hybridized carbons (Fsp3) is 0.500. The number of aromatic nitrogens is 1. The standard InChI is InChI=1S/C12H19N3O2/c1-8(2)13-7-6-11(17)15-12-10(16)5-4-9(3)14-12/h4-5,8,13,16H,6-7H2,1-3H3,(H,14,15,17). The van der Waals surface area contributed by atoms with Gasteiger partial charge in [-0.05, 0) is 19.1 Å². The van der Waals surface area contributed by atoms with Crippen molar-refractivity contribution in [2.75, 3.05) is 11.9 Å². The number of hydrogen-bond donors (Lipinski definition) is 3. The summed E-state index contributed by atoms with van der Waals surface area (Å²) in [6.07, 6.45) is 0.354. The highest BCUT2D eigenvalue weighted by Gasteiger charge is 2.07. The lowest BCUT2D eigenvalue weighted by atomic mass is 10.3. The van der Waals surface area contributed by atoms with E-state index in [0.717, 1.165) is 5.69 Å². The molecule has 17 heavy (non-hydrogen) atoms. The largest absolute Gasteiger partial charge is 0.504 e. The van der Waals surface area contributed by atoms with Crippen LogP contribution in [0.2, 0.25) is 0 Å². The molecular formula is C12H19N3O2. The van der Waals surface area contributed by atoms with Crippen LogP contribution in [0.5, 0.6) is 5.75 Å². The number of anilines is 1. The smallest absolute Gasteiger partial charge is 0.226 e. The summed E-state index contributed by atoms with van der Waals surface area (Å²) < 4.78 is 0. The molecule has 1 amide bonds. The average Bonchev–Trinajstić information content (AvgIpc) is 2.23. The molecule has 0 radical (unpaired) electrons. The molecule has 0 atom stereocenters. The molecule has 0 fully saturated rings. The van der Waals surface area contributed by atoms with Crippen LogP contribution in [0.25, 0.3) is 0 Å². The van der Waals surface area contributed by atoms with Gasteiger partial charge in [-0.25, -0.2) is 4.98 Å². The van der Waals surface area contributed by atoms with Crippen LogP contribution in [-0.4, -0.2) is 28.6 Å². The zero-order valence-electron chi connectivity index (χ0n) is 10.4.